The molecule has 1 N–H and O–H groups in total. The fourth-order valence-corrected chi connectivity index (χ4v) is 0.772. The van der Waals surface area contributed by atoms with Crippen molar-refractivity contribution in [1.29, 1.82) is 0 Å². The van der Waals surface area contributed by atoms with Gasteiger partial charge in [0.1, 0.15) is 5.82 Å². The van der Waals surface area contributed by atoms with Crippen LogP contribution < -0.4 is 0 Å². The summed E-state index contributed by atoms with van der Waals surface area (Å²) in [4.78, 5) is 0. The minimum Gasteiger partial charge on any atom is -0.250 e. The van der Waals surface area contributed by atoms with Crippen LogP contribution in [0, 0.1) is 11.7 Å². The second-order valence-electron chi connectivity index (χ2n) is 1.53. The molecule has 0 aromatic carbocycles. The molecule has 1 aromatic heterocycles. The van der Waals surface area contributed by atoms with Crippen molar-refractivity contribution in [3.8, 4) is 0 Å². The molecule has 5 heteroatoms. The molecular weight excluding hydrogens is 136 g/mol. The molecule has 1 heterocycles. The van der Waals surface area contributed by atoms with E-state index in [1.54, 1.807) is 6.92 Å². The first kappa shape index (κ1) is 6.15. The number of nitrogens with one attached hydrogen (secondary N) is 1. The Hall–Kier alpha value is -0.970. The number of hydrogen-bond acceptors (Lipinski definition) is 3. The van der Waals surface area contributed by atoms with Gasteiger partial charge in [-0.05, 0) is 19.1 Å². The van der Waals surface area contributed by atoms with E-state index < -0.39 is 0 Å². The van der Waals surface area contributed by atoms with E-state index in [1.807, 2.05) is 0 Å². The first-order chi connectivity index (χ1) is 4.25. The van der Waals surface area contributed by atoms with Crippen LogP contribution in [-0.2, 0) is 0 Å². The van der Waals surface area contributed by atoms with Gasteiger partial charge in [0.25, 0.3) is 0 Å². The molecule has 0 atom stereocenters. The highest BCUT2D eigenvalue weighted by Gasteiger charge is 1.93. The summed E-state index contributed by atoms with van der Waals surface area (Å²) in [5, 5.41) is 9.97. The second kappa shape index (κ2) is 2.10. The topological polar surface area (TPSA) is 46.0 Å². The van der Waals surface area contributed by atoms with Gasteiger partial charge >= 0.3 is 0 Å². The van der Waals surface area contributed by atoms with Crippen molar-refractivity contribution in [3.05, 3.63) is 10.6 Å². The zero-order chi connectivity index (χ0) is 6.85. The van der Waals surface area contributed by atoms with Crippen LogP contribution in [0.2, 0.25) is 0 Å². The van der Waals surface area contributed by atoms with Crippen LogP contribution in [0.5, 0.6) is 0 Å². The lowest BCUT2D eigenvalue weighted by Crippen LogP contribution is -1.89. The van der Waals surface area contributed by atoms with Gasteiger partial charge in [0.05, 0.1) is 0 Å². The highest BCUT2D eigenvalue weighted by molar-refractivity contribution is 7.71. The van der Waals surface area contributed by atoms with Crippen molar-refractivity contribution >= 4 is 18.9 Å². The maximum absolute atomic E-state index is 4.78. The maximum Gasteiger partial charge on any atom is 0.216 e. The fraction of sp³-hybridized carbons (Fsp3) is 0.250. The standard InChI is InChI=1S/C4H6N4S/c1-3-6-7-4(9)8(3)5-2/h2H2,1H3,(H,7,9). The summed E-state index contributed by atoms with van der Waals surface area (Å²) in [5.41, 5.74) is 0. The number of rotatable bonds is 1. The summed E-state index contributed by atoms with van der Waals surface area (Å²) in [6.45, 7) is 5.10. The third kappa shape index (κ3) is 0.904. The van der Waals surface area contributed by atoms with Gasteiger partial charge in [0.2, 0.25) is 4.77 Å². The molecule has 4 nitrogen and oxygen atoms in total. The molecule has 0 aliphatic heterocycles. The van der Waals surface area contributed by atoms with Gasteiger partial charge in [-0.3, -0.25) is 5.10 Å². The van der Waals surface area contributed by atoms with E-state index in [1.165, 1.54) is 4.68 Å². The Labute approximate surface area is 57.2 Å². The highest BCUT2D eigenvalue weighted by atomic mass is 32.1. The SMILES string of the molecule is C=Nn1c(C)n[nH]c1=S. The van der Waals surface area contributed by atoms with Crippen molar-refractivity contribution in [3.63, 3.8) is 0 Å². The van der Waals surface area contributed by atoms with Crippen molar-refractivity contribution in [2.45, 2.75) is 6.92 Å². The monoisotopic (exact) mass is 142 g/mol. The smallest absolute Gasteiger partial charge is 0.216 e. The quantitative estimate of drug-likeness (QED) is 0.463. The first-order valence-electron chi connectivity index (χ1n) is 2.36. The summed E-state index contributed by atoms with van der Waals surface area (Å²) in [6.07, 6.45) is 0. The average molecular weight is 142 g/mol. The van der Waals surface area contributed by atoms with Gasteiger partial charge in [-0.25, -0.2) is 0 Å². The van der Waals surface area contributed by atoms with Crippen molar-refractivity contribution in [2.75, 3.05) is 0 Å². The fourth-order valence-electron chi connectivity index (χ4n) is 0.537. The number of hydrogen-bond donors (Lipinski definition) is 1. The molecule has 1 rings (SSSR count). The van der Waals surface area contributed by atoms with Crippen molar-refractivity contribution in [1.82, 2.24) is 14.9 Å². The van der Waals surface area contributed by atoms with Crippen LogP contribution in [0.3, 0.4) is 0 Å². The first-order valence-corrected chi connectivity index (χ1v) is 2.77. The number of aryl methyl sites for hydroxylation is 1. The predicted molar refractivity (Wildman–Crippen MR) is 37.1 cm³/mol. The molecule has 0 saturated heterocycles. The molecule has 0 amide bonds. The lowest BCUT2D eigenvalue weighted by molar-refractivity contribution is 0.824. The molecule has 0 spiro atoms. The number of aromatic nitrogens is 3. The predicted octanol–water partition coefficient (Wildman–Crippen LogP) is 0.713. The van der Waals surface area contributed by atoms with Crippen LogP contribution in [0.1, 0.15) is 5.82 Å². The Kier molecular flexibility index (Phi) is 1.44. The molecule has 0 aliphatic carbocycles. The van der Waals surface area contributed by atoms with E-state index in [-0.39, 0.29) is 0 Å². The zero-order valence-corrected chi connectivity index (χ0v) is 5.77. The minimum atomic E-state index is 0.475. The van der Waals surface area contributed by atoms with Crippen molar-refractivity contribution < 1.29 is 0 Å². The third-order valence-electron chi connectivity index (χ3n) is 0.954. The van der Waals surface area contributed by atoms with E-state index in [0.29, 0.717) is 4.77 Å². The Morgan fingerprint density at radius 3 is 2.78 bits per heavy atom. The zero-order valence-electron chi connectivity index (χ0n) is 4.96. The molecule has 48 valence electrons. The number of H-pyrrole nitrogens is 1. The molecule has 0 unspecified atom stereocenters. The van der Waals surface area contributed by atoms with Crippen LogP contribution in [0.15, 0.2) is 5.10 Å². The molecule has 0 radical (unpaired) electrons. The molecule has 0 fully saturated rings. The molecule has 0 saturated carbocycles. The van der Waals surface area contributed by atoms with Crippen LogP contribution in [0.25, 0.3) is 0 Å². The lowest BCUT2D eigenvalue weighted by Gasteiger charge is -1.87. The molecule has 9 heavy (non-hydrogen) atoms. The summed E-state index contributed by atoms with van der Waals surface area (Å²) in [6, 6.07) is 0. The van der Waals surface area contributed by atoms with Gasteiger partial charge in [-0.1, -0.05) is 0 Å². The van der Waals surface area contributed by atoms with E-state index in [0.717, 1.165) is 5.82 Å². The average Bonchev–Trinajstić information content (AvgIpc) is 2.12. The Balaban J connectivity index is 3.40. The van der Waals surface area contributed by atoms with Crippen LogP contribution in [0.4, 0.5) is 0 Å². The normalized spacial score (nSPS) is 9.44. The van der Waals surface area contributed by atoms with Gasteiger partial charge in [0, 0.05) is 6.72 Å². The Morgan fingerprint density at radius 2 is 2.56 bits per heavy atom. The second-order valence-corrected chi connectivity index (χ2v) is 1.92. The van der Waals surface area contributed by atoms with Gasteiger partial charge < -0.3 is 0 Å². The van der Waals surface area contributed by atoms with E-state index in [2.05, 4.69) is 22.0 Å². The van der Waals surface area contributed by atoms with E-state index in [4.69, 9.17) is 12.2 Å². The van der Waals surface area contributed by atoms with Crippen LogP contribution >= 0.6 is 12.2 Å². The Bertz CT molecular complexity index is 270. The Morgan fingerprint density at radius 1 is 1.89 bits per heavy atom. The summed E-state index contributed by atoms with van der Waals surface area (Å²) < 4.78 is 1.93. The third-order valence-corrected chi connectivity index (χ3v) is 1.22. The van der Waals surface area contributed by atoms with Crippen molar-refractivity contribution in [2.24, 2.45) is 5.10 Å². The highest BCUT2D eigenvalue weighted by Crippen LogP contribution is 1.92. The van der Waals surface area contributed by atoms with Gasteiger partial charge in [0.15, 0.2) is 0 Å². The maximum atomic E-state index is 4.78. The largest absolute Gasteiger partial charge is 0.250 e. The van der Waals surface area contributed by atoms with E-state index in [9.17, 15) is 0 Å². The number of aromatic amines is 1. The summed E-state index contributed by atoms with van der Waals surface area (Å²) in [7, 11) is 0. The number of nitrogens with zero attached hydrogens (tertiary/aromatic N) is 3. The molecule has 1 aromatic rings. The summed E-state index contributed by atoms with van der Waals surface area (Å²) >= 11 is 4.78. The lowest BCUT2D eigenvalue weighted by atomic mass is 10.7. The molecule has 0 aliphatic rings. The van der Waals surface area contributed by atoms with Gasteiger partial charge in [-0.15, -0.1) is 0 Å². The minimum absolute atomic E-state index is 0.475. The molecular formula is C4H6N4S. The van der Waals surface area contributed by atoms with Gasteiger partial charge in [-0.2, -0.15) is 14.9 Å². The molecule has 0 bridgehead atoms. The van der Waals surface area contributed by atoms with Crippen LogP contribution in [-0.4, -0.2) is 21.6 Å². The van der Waals surface area contributed by atoms with E-state index >= 15 is 0 Å². The summed E-state index contributed by atoms with van der Waals surface area (Å²) in [5.74, 6) is 0.718.